The monoisotopic (exact) mass is 316 g/mol. The second-order valence-corrected chi connectivity index (χ2v) is 5.61. The summed E-state index contributed by atoms with van der Waals surface area (Å²) in [5.74, 6) is -0.439. The molecule has 0 fully saturated rings. The van der Waals surface area contributed by atoms with Crippen LogP contribution >= 0.6 is 0 Å². The van der Waals surface area contributed by atoms with Gasteiger partial charge in [0.05, 0.1) is 6.20 Å². The summed E-state index contributed by atoms with van der Waals surface area (Å²) in [6, 6.07) is 8.67. The van der Waals surface area contributed by atoms with E-state index < -0.39 is 12.0 Å². The SMILES string of the molecule is CC(C)[C@@H](NC(=O)CCc1ncc(-c2ccccc2)o1)C(=O)O. The predicted molar refractivity (Wildman–Crippen MR) is 84.7 cm³/mol. The van der Waals surface area contributed by atoms with Crippen molar-refractivity contribution in [3.63, 3.8) is 0 Å². The fraction of sp³-hybridized carbons (Fsp3) is 0.353. The van der Waals surface area contributed by atoms with Gasteiger partial charge in [-0.15, -0.1) is 0 Å². The number of hydrogen-bond donors (Lipinski definition) is 2. The molecule has 6 heteroatoms. The number of benzene rings is 1. The lowest BCUT2D eigenvalue weighted by Crippen LogP contribution is -2.44. The molecule has 1 amide bonds. The average molecular weight is 316 g/mol. The number of aromatic nitrogens is 1. The first-order chi connectivity index (χ1) is 11.0. The third-order valence-corrected chi connectivity index (χ3v) is 3.43. The lowest BCUT2D eigenvalue weighted by atomic mass is 10.0. The molecule has 122 valence electrons. The Morgan fingerprint density at radius 2 is 1.96 bits per heavy atom. The number of aliphatic carboxylic acids is 1. The summed E-state index contributed by atoms with van der Waals surface area (Å²) in [5, 5.41) is 11.6. The van der Waals surface area contributed by atoms with E-state index in [4.69, 9.17) is 9.52 Å². The van der Waals surface area contributed by atoms with Crippen LogP contribution in [-0.2, 0) is 16.0 Å². The van der Waals surface area contributed by atoms with Crippen LogP contribution in [0.5, 0.6) is 0 Å². The summed E-state index contributed by atoms with van der Waals surface area (Å²) < 4.78 is 5.61. The number of carbonyl (C=O) groups is 2. The Labute approximate surface area is 134 Å². The molecule has 2 aromatic rings. The fourth-order valence-corrected chi connectivity index (χ4v) is 2.14. The zero-order valence-electron chi connectivity index (χ0n) is 13.2. The molecule has 0 aliphatic rings. The van der Waals surface area contributed by atoms with E-state index in [-0.39, 0.29) is 18.2 Å². The molecule has 0 aliphatic heterocycles. The van der Waals surface area contributed by atoms with Crippen molar-refractivity contribution in [2.24, 2.45) is 5.92 Å². The Morgan fingerprint density at radius 1 is 1.26 bits per heavy atom. The minimum absolute atomic E-state index is 0.130. The van der Waals surface area contributed by atoms with Gasteiger partial charge < -0.3 is 14.8 Å². The zero-order valence-corrected chi connectivity index (χ0v) is 13.2. The summed E-state index contributed by atoms with van der Waals surface area (Å²) in [7, 11) is 0. The summed E-state index contributed by atoms with van der Waals surface area (Å²) in [6.07, 6.45) is 2.07. The van der Waals surface area contributed by atoms with Crippen LogP contribution in [0.15, 0.2) is 40.9 Å². The van der Waals surface area contributed by atoms with E-state index >= 15 is 0 Å². The maximum Gasteiger partial charge on any atom is 0.326 e. The normalized spacial score (nSPS) is 12.1. The van der Waals surface area contributed by atoms with Crippen LogP contribution in [0, 0.1) is 5.92 Å². The number of nitrogens with one attached hydrogen (secondary N) is 1. The lowest BCUT2D eigenvalue weighted by Gasteiger charge is -2.17. The molecule has 1 aromatic heterocycles. The molecule has 23 heavy (non-hydrogen) atoms. The van der Waals surface area contributed by atoms with E-state index in [9.17, 15) is 9.59 Å². The smallest absolute Gasteiger partial charge is 0.326 e. The van der Waals surface area contributed by atoms with Crippen LogP contribution in [0.4, 0.5) is 0 Å². The highest BCUT2D eigenvalue weighted by molar-refractivity contribution is 5.83. The molecule has 1 aromatic carbocycles. The number of hydrogen-bond acceptors (Lipinski definition) is 4. The van der Waals surface area contributed by atoms with Gasteiger partial charge >= 0.3 is 5.97 Å². The van der Waals surface area contributed by atoms with Crippen molar-refractivity contribution < 1.29 is 19.1 Å². The van der Waals surface area contributed by atoms with Gasteiger partial charge in [-0.2, -0.15) is 0 Å². The number of oxazole rings is 1. The van der Waals surface area contributed by atoms with Crippen LogP contribution in [0.2, 0.25) is 0 Å². The lowest BCUT2D eigenvalue weighted by molar-refractivity contribution is -0.143. The number of nitrogens with zero attached hydrogens (tertiary/aromatic N) is 1. The quantitative estimate of drug-likeness (QED) is 0.818. The van der Waals surface area contributed by atoms with Crippen molar-refractivity contribution in [1.29, 1.82) is 0 Å². The number of carboxylic acid groups (broad SMARTS) is 1. The summed E-state index contributed by atoms with van der Waals surface area (Å²) in [4.78, 5) is 27.1. The van der Waals surface area contributed by atoms with Gasteiger partial charge in [0.1, 0.15) is 6.04 Å². The van der Waals surface area contributed by atoms with Crippen LogP contribution in [0.1, 0.15) is 26.2 Å². The Morgan fingerprint density at radius 3 is 2.57 bits per heavy atom. The maximum absolute atomic E-state index is 11.9. The molecule has 0 unspecified atom stereocenters. The van der Waals surface area contributed by atoms with Crippen LogP contribution in [0.25, 0.3) is 11.3 Å². The van der Waals surface area contributed by atoms with E-state index in [0.29, 0.717) is 18.1 Å². The second-order valence-electron chi connectivity index (χ2n) is 5.61. The summed E-state index contributed by atoms with van der Waals surface area (Å²) in [6.45, 7) is 3.50. The molecule has 0 aliphatic carbocycles. The van der Waals surface area contributed by atoms with Gasteiger partial charge in [-0.25, -0.2) is 9.78 Å². The van der Waals surface area contributed by atoms with Gasteiger partial charge in [0.2, 0.25) is 5.91 Å². The fourth-order valence-electron chi connectivity index (χ4n) is 2.14. The third kappa shape index (κ3) is 4.67. The highest BCUT2D eigenvalue weighted by Gasteiger charge is 2.23. The summed E-state index contributed by atoms with van der Waals surface area (Å²) >= 11 is 0. The Balaban J connectivity index is 1.90. The van der Waals surface area contributed by atoms with Crippen molar-refractivity contribution in [3.8, 4) is 11.3 Å². The van der Waals surface area contributed by atoms with Gasteiger partial charge in [-0.3, -0.25) is 4.79 Å². The average Bonchev–Trinajstić information content (AvgIpc) is 3.00. The van der Waals surface area contributed by atoms with Crippen molar-refractivity contribution in [2.45, 2.75) is 32.7 Å². The molecule has 0 bridgehead atoms. The number of rotatable bonds is 7. The molecule has 0 saturated heterocycles. The van der Waals surface area contributed by atoms with E-state index in [1.807, 2.05) is 30.3 Å². The van der Waals surface area contributed by atoms with E-state index in [1.54, 1.807) is 20.0 Å². The van der Waals surface area contributed by atoms with Crippen molar-refractivity contribution in [1.82, 2.24) is 10.3 Å². The molecular formula is C17H20N2O4. The number of carbonyl (C=O) groups excluding carboxylic acids is 1. The zero-order chi connectivity index (χ0) is 16.8. The first-order valence-electron chi connectivity index (χ1n) is 7.49. The second kappa shape index (κ2) is 7.58. The van der Waals surface area contributed by atoms with Gasteiger partial charge in [-0.05, 0) is 5.92 Å². The molecule has 6 nitrogen and oxygen atoms in total. The molecule has 0 radical (unpaired) electrons. The van der Waals surface area contributed by atoms with E-state index in [2.05, 4.69) is 10.3 Å². The first-order valence-corrected chi connectivity index (χ1v) is 7.49. The molecule has 0 saturated carbocycles. The van der Waals surface area contributed by atoms with Crippen LogP contribution < -0.4 is 5.32 Å². The van der Waals surface area contributed by atoms with Crippen molar-refractivity contribution in [2.75, 3.05) is 0 Å². The van der Waals surface area contributed by atoms with Crippen molar-refractivity contribution in [3.05, 3.63) is 42.4 Å². The van der Waals surface area contributed by atoms with Gasteiger partial charge in [0.15, 0.2) is 11.7 Å². The number of carboxylic acids is 1. The van der Waals surface area contributed by atoms with Crippen LogP contribution in [0.3, 0.4) is 0 Å². The molecule has 2 N–H and O–H groups in total. The van der Waals surface area contributed by atoms with E-state index in [0.717, 1.165) is 5.56 Å². The molecular weight excluding hydrogens is 296 g/mol. The highest BCUT2D eigenvalue weighted by Crippen LogP contribution is 2.20. The Bertz CT molecular complexity index is 664. The topological polar surface area (TPSA) is 92.4 Å². The highest BCUT2D eigenvalue weighted by atomic mass is 16.4. The van der Waals surface area contributed by atoms with Gasteiger partial charge in [0.25, 0.3) is 0 Å². The van der Waals surface area contributed by atoms with Crippen LogP contribution in [-0.4, -0.2) is 28.0 Å². The largest absolute Gasteiger partial charge is 0.480 e. The van der Waals surface area contributed by atoms with Gasteiger partial charge in [-0.1, -0.05) is 44.2 Å². The molecule has 2 rings (SSSR count). The van der Waals surface area contributed by atoms with Crippen molar-refractivity contribution >= 4 is 11.9 Å². The summed E-state index contributed by atoms with van der Waals surface area (Å²) in [5.41, 5.74) is 0.918. The molecule has 1 atom stereocenters. The first kappa shape index (κ1) is 16.7. The van der Waals surface area contributed by atoms with Gasteiger partial charge in [0, 0.05) is 18.4 Å². The Kier molecular flexibility index (Phi) is 5.51. The predicted octanol–water partition coefficient (Wildman–Crippen LogP) is 2.50. The standard InChI is InChI=1S/C17H20N2O4/c1-11(2)16(17(21)22)19-14(20)8-9-15-18-10-13(23-15)12-6-4-3-5-7-12/h3-7,10-11,16H,8-9H2,1-2H3,(H,19,20)(H,21,22)/t16-/m1/s1. The molecule has 0 spiro atoms. The van der Waals surface area contributed by atoms with E-state index in [1.165, 1.54) is 0 Å². The number of aryl methyl sites for hydroxylation is 1. The maximum atomic E-state index is 11.9. The number of amides is 1. The third-order valence-electron chi connectivity index (χ3n) is 3.43. The minimum atomic E-state index is -1.03. The molecule has 1 heterocycles. The minimum Gasteiger partial charge on any atom is -0.480 e. The Hall–Kier alpha value is -2.63.